The van der Waals surface area contributed by atoms with Gasteiger partial charge in [-0.3, -0.25) is 9.59 Å². The lowest BCUT2D eigenvalue weighted by atomic mass is 10.1. The molecule has 6 nitrogen and oxygen atoms in total. The van der Waals surface area contributed by atoms with Gasteiger partial charge in [0.2, 0.25) is 5.78 Å². The molecule has 0 spiro atoms. The quantitative estimate of drug-likeness (QED) is 0.452. The number of aromatic nitrogens is 2. The molecule has 2 aromatic heterocycles. The summed E-state index contributed by atoms with van der Waals surface area (Å²) in [6.45, 7) is 8.97. The number of esters is 1. The molecule has 0 saturated carbocycles. The molecule has 0 bridgehead atoms. The summed E-state index contributed by atoms with van der Waals surface area (Å²) in [6.07, 6.45) is 1.57. The fraction of sp³-hybridized carbons (Fsp3) is 0.292. The minimum atomic E-state index is -0.638. The molecule has 0 aliphatic heterocycles. The van der Waals surface area contributed by atoms with Gasteiger partial charge in [0.1, 0.15) is 5.69 Å². The molecule has 156 valence electrons. The fourth-order valence-electron chi connectivity index (χ4n) is 3.76. The van der Waals surface area contributed by atoms with E-state index in [1.807, 2.05) is 38.3 Å². The molecule has 0 aliphatic carbocycles. The predicted molar refractivity (Wildman–Crippen MR) is 115 cm³/mol. The summed E-state index contributed by atoms with van der Waals surface area (Å²) < 4.78 is 8.79. The Morgan fingerprint density at radius 1 is 0.933 bits per heavy atom. The van der Waals surface area contributed by atoms with Gasteiger partial charge in [0.25, 0.3) is 0 Å². The second-order valence-corrected chi connectivity index (χ2v) is 7.75. The van der Waals surface area contributed by atoms with E-state index in [9.17, 15) is 14.4 Å². The Bertz CT molecular complexity index is 1140. The Kier molecular flexibility index (Phi) is 5.78. The molecule has 6 heteroatoms. The topological polar surface area (TPSA) is 70.3 Å². The summed E-state index contributed by atoms with van der Waals surface area (Å²) in [5, 5.41) is 0. The minimum Gasteiger partial charge on any atom is -0.453 e. The molecule has 2 heterocycles. The van der Waals surface area contributed by atoms with Crippen LogP contribution in [0.4, 0.5) is 0 Å². The second-order valence-electron chi connectivity index (χ2n) is 7.75. The van der Waals surface area contributed by atoms with E-state index in [2.05, 4.69) is 18.2 Å². The van der Waals surface area contributed by atoms with Crippen LogP contribution in [0.2, 0.25) is 0 Å². The number of aryl methyl sites for hydroxylation is 4. The number of carbonyl (C=O) groups excluding carboxylic acids is 3. The fourth-order valence-corrected chi connectivity index (χ4v) is 3.76. The van der Waals surface area contributed by atoms with Crippen LogP contribution in [0, 0.1) is 27.7 Å². The van der Waals surface area contributed by atoms with E-state index >= 15 is 0 Å². The SMILES string of the molecule is CC(=O)c1cc(C(=O)OCC(=O)c2cc(C)n(-c3cc(C)cc(C)c3)c2C)n(C)c1. The lowest BCUT2D eigenvalue weighted by molar-refractivity contribution is 0.0465. The van der Waals surface area contributed by atoms with E-state index < -0.39 is 5.97 Å². The van der Waals surface area contributed by atoms with Crippen molar-refractivity contribution >= 4 is 17.5 Å². The minimum absolute atomic E-state index is 0.139. The van der Waals surface area contributed by atoms with E-state index in [4.69, 9.17) is 4.74 Å². The summed E-state index contributed by atoms with van der Waals surface area (Å²) in [4.78, 5) is 36.7. The van der Waals surface area contributed by atoms with Crippen molar-refractivity contribution in [3.8, 4) is 5.69 Å². The van der Waals surface area contributed by atoms with E-state index in [1.165, 1.54) is 17.6 Å². The largest absolute Gasteiger partial charge is 0.453 e. The number of ether oxygens (including phenoxy) is 1. The lowest BCUT2D eigenvalue weighted by Gasteiger charge is -2.12. The smallest absolute Gasteiger partial charge is 0.355 e. The van der Waals surface area contributed by atoms with E-state index in [0.717, 1.165) is 28.2 Å². The van der Waals surface area contributed by atoms with Gasteiger partial charge >= 0.3 is 5.97 Å². The molecule has 0 amide bonds. The van der Waals surface area contributed by atoms with Crippen LogP contribution in [0.15, 0.2) is 36.5 Å². The predicted octanol–water partition coefficient (Wildman–Crippen LogP) is 4.29. The van der Waals surface area contributed by atoms with E-state index in [-0.39, 0.29) is 23.9 Å². The first-order valence-corrected chi connectivity index (χ1v) is 9.73. The van der Waals surface area contributed by atoms with Crippen molar-refractivity contribution in [3.05, 3.63) is 75.9 Å². The number of hydrogen-bond acceptors (Lipinski definition) is 4. The molecule has 0 aliphatic rings. The second kappa shape index (κ2) is 8.14. The Morgan fingerprint density at radius 2 is 1.57 bits per heavy atom. The van der Waals surface area contributed by atoms with Crippen LogP contribution < -0.4 is 0 Å². The van der Waals surface area contributed by atoms with E-state index in [0.29, 0.717) is 11.1 Å². The molecule has 30 heavy (non-hydrogen) atoms. The third-order valence-corrected chi connectivity index (χ3v) is 5.15. The zero-order chi connectivity index (χ0) is 22.2. The third kappa shape index (κ3) is 4.13. The maximum atomic E-state index is 12.8. The number of carbonyl (C=O) groups is 3. The van der Waals surface area contributed by atoms with Crippen molar-refractivity contribution in [2.24, 2.45) is 7.05 Å². The van der Waals surface area contributed by atoms with Crippen LogP contribution in [-0.2, 0) is 11.8 Å². The van der Waals surface area contributed by atoms with Crippen molar-refractivity contribution in [3.63, 3.8) is 0 Å². The number of ketones is 2. The van der Waals surface area contributed by atoms with Crippen LogP contribution >= 0.6 is 0 Å². The molecular formula is C24H26N2O4. The summed E-state index contributed by atoms with van der Waals surface area (Å²) in [7, 11) is 1.66. The maximum absolute atomic E-state index is 12.8. The number of hydrogen-bond donors (Lipinski definition) is 0. The lowest BCUT2D eigenvalue weighted by Crippen LogP contribution is -2.16. The molecule has 0 saturated heterocycles. The normalized spacial score (nSPS) is 10.9. The number of benzene rings is 1. The Morgan fingerprint density at radius 3 is 2.13 bits per heavy atom. The van der Waals surface area contributed by atoms with Gasteiger partial charge in [-0.25, -0.2) is 4.79 Å². The molecule has 0 unspecified atom stereocenters. The Hall–Kier alpha value is -3.41. The summed E-state index contributed by atoms with van der Waals surface area (Å²) in [5.41, 5.74) is 6.20. The van der Waals surface area contributed by atoms with Gasteiger partial charge in [-0.15, -0.1) is 0 Å². The van der Waals surface area contributed by atoms with Crippen molar-refractivity contribution in [1.29, 1.82) is 0 Å². The first-order valence-electron chi connectivity index (χ1n) is 9.73. The Balaban J connectivity index is 1.80. The van der Waals surface area contributed by atoms with Crippen LogP contribution in [0.5, 0.6) is 0 Å². The highest BCUT2D eigenvalue weighted by atomic mass is 16.5. The van der Waals surface area contributed by atoms with Crippen LogP contribution in [0.1, 0.15) is 60.6 Å². The maximum Gasteiger partial charge on any atom is 0.355 e. The standard InChI is InChI=1S/C24H26N2O4/c1-14-7-15(2)9-20(8-14)26-16(3)10-21(17(26)4)23(28)13-30-24(29)22-11-19(18(5)27)12-25(22)6/h7-12H,13H2,1-6H3. The van der Waals surface area contributed by atoms with Gasteiger partial charge < -0.3 is 13.9 Å². The zero-order valence-electron chi connectivity index (χ0n) is 18.2. The molecular weight excluding hydrogens is 380 g/mol. The number of Topliss-reactive ketones (excluding diaryl/α,β-unsaturated/α-hetero) is 2. The molecule has 0 radical (unpaired) electrons. The number of rotatable bonds is 6. The van der Waals surface area contributed by atoms with Gasteiger partial charge in [0.15, 0.2) is 12.4 Å². The molecule has 0 fully saturated rings. The molecule has 1 aromatic carbocycles. The highest BCUT2D eigenvalue weighted by molar-refractivity contribution is 6.01. The molecule has 3 aromatic rings. The molecule has 0 N–H and O–H groups in total. The average molecular weight is 406 g/mol. The average Bonchev–Trinajstić information content (AvgIpc) is 3.18. The van der Waals surface area contributed by atoms with Crippen molar-refractivity contribution < 1.29 is 19.1 Å². The third-order valence-electron chi connectivity index (χ3n) is 5.15. The zero-order valence-corrected chi connectivity index (χ0v) is 18.2. The van der Waals surface area contributed by atoms with Crippen molar-refractivity contribution in [2.45, 2.75) is 34.6 Å². The van der Waals surface area contributed by atoms with Crippen LogP contribution in [0.3, 0.4) is 0 Å². The molecule has 3 rings (SSSR count). The van der Waals surface area contributed by atoms with Gasteiger partial charge in [-0.1, -0.05) is 6.07 Å². The first kappa shape index (κ1) is 21.3. The summed E-state index contributed by atoms with van der Waals surface area (Å²) in [5.74, 6) is -1.05. The van der Waals surface area contributed by atoms with Crippen molar-refractivity contribution in [1.82, 2.24) is 9.13 Å². The van der Waals surface area contributed by atoms with Crippen LogP contribution in [-0.4, -0.2) is 33.3 Å². The highest BCUT2D eigenvalue weighted by Crippen LogP contribution is 2.23. The van der Waals surface area contributed by atoms with Gasteiger partial charge in [0.05, 0.1) is 0 Å². The highest BCUT2D eigenvalue weighted by Gasteiger charge is 2.20. The van der Waals surface area contributed by atoms with Gasteiger partial charge in [0, 0.05) is 41.4 Å². The van der Waals surface area contributed by atoms with Gasteiger partial charge in [-0.2, -0.15) is 0 Å². The Labute approximate surface area is 176 Å². The first-order chi connectivity index (χ1) is 14.1. The van der Waals surface area contributed by atoms with E-state index in [1.54, 1.807) is 13.2 Å². The van der Waals surface area contributed by atoms with Gasteiger partial charge in [-0.05, 0) is 70.0 Å². The summed E-state index contributed by atoms with van der Waals surface area (Å²) >= 11 is 0. The monoisotopic (exact) mass is 406 g/mol. The summed E-state index contributed by atoms with van der Waals surface area (Å²) in [6, 6.07) is 9.54. The molecule has 0 atom stereocenters. The van der Waals surface area contributed by atoms with Crippen LogP contribution in [0.25, 0.3) is 5.69 Å². The number of nitrogens with zero attached hydrogens (tertiary/aromatic N) is 2. The van der Waals surface area contributed by atoms with Crippen molar-refractivity contribution in [2.75, 3.05) is 6.61 Å².